The molecular formula is C13H7Cl2FN2O3. The Labute approximate surface area is 128 Å². The van der Waals surface area contributed by atoms with Crippen molar-refractivity contribution >= 4 is 40.8 Å². The van der Waals surface area contributed by atoms with Gasteiger partial charge in [-0.2, -0.15) is 0 Å². The molecular weight excluding hydrogens is 322 g/mol. The van der Waals surface area contributed by atoms with Gasteiger partial charge >= 0.3 is 5.69 Å². The van der Waals surface area contributed by atoms with E-state index >= 15 is 0 Å². The van der Waals surface area contributed by atoms with Gasteiger partial charge in [-0.3, -0.25) is 15.1 Å². The van der Waals surface area contributed by atoms with Gasteiger partial charge in [-0.05, 0) is 24.3 Å². The fraction of sp³-hybridized carbons (Fsp3) is 0. The molecule has 2 aromatic carbocycles. The van der Waals surface area contributed by atoms with Crippen molar-refractivity contribution in [2.45, 2.75) is 0 Å². The molecule has 0 aliphatic rings. The van der Waals surface area contributed by atoms with E-state index in [1.54, 1.807) is 0 Å². The van der Waals surface area contributed by atoms with E-state index in [0.717, 1.165) is 12.1 Å². The topological polar surface area (TPSA) is 75.7 Å². The number of halogens is 3. The maximum atomic E-state index is 13.0. The summed E-state index contributed by atoms with van der Waals surface area (Å²) in [7, 11) is 0. The predicted molar refractivity (Wildman–Crippen MR) is 78.4 cm³/mol. The van der Waals surface area contributed by atoms with Crippen LogP contribution in [-0.2, 0) is 0 Å². The fourth-order valence-electron chi connectivity index (χ4n) is 1.55. The molecule has 0 spiro atoms. The molecule has 0 radical (unpaired) electrons. The van der Waals surface area contributed by atoms with Crippen molar-refractivity contribution in [3.63, 3.8) is 0 Å². The monoisotopic (exact) mass is 328 g/mol. The Morgan fingerprint density at radius 3 is 2.62 bits per heavy atom. The standard InChI is InChI=1S/C13H7Cl2FN2O3/c14-8-3-7(13(19)12(4-8)18(20)21)6-17-9-1-2-11(16)10(15)5-9/h1-6,19H. The Bertz CT molecular complexity index is 750. The van der Waals surface area contributed by atoms with Gasteiger partial charge in [0.25, 0.3) is 0 Å². The van der Waals surface area contributed by atoms with Gasteiger partial charge < -0.3 is 5.11 Å². The van der Waals surface area contributed by atoms with Crippen LogP contribution in [0.2, 0.25) is 10.0 Å². The number of rotatable bonds is 3. The van der Waals surface area contributed by atoms with Gasteiger partial charge in [0.1, 0.15) is 5.82 Å². The number of nitrogens with zero attached hydrogens (tertiary/aromatic N) is 2. The lowest BCUT2D eigenvalue weighted by Gasteiger charge is -2.02. The van der Waals surface area contributed by atoms with Crippen LogP contribution in [0, 0.1) is 15.9 Å². The highest BCUT2D eigenvalue weighted by Crippen LogP contribution is 2.32. The minimum absolute atomic E-state index is 0.0645. The number of hydrogen-bond donors (Lipinski definition) is 1. The van der Waals surface area contributed by atoms with E-state index in [-0.39, 0.29) is 15.6 Å². The molecule has 0 aliphatic carbocycles. The summed E-state index contributed by atoms with van der Waals surface area (Å²) < 4.78 is 13.0. The Morgan fingerprint density at radius 2 is 2.00 bits per heavy atom. The average Bonchev–Trinajstić information content (AvgIpc) is 2.42. The third-order valence-electron chi connectivity index (χ3n) is 2.54. The summed E-state index contributed by atoms with van der Waals surface area (Å²) in [6, 6.07) is 6.13. The number of aromatic hydroxyl groups is 1. The molecule has 0 unspecified atom stereocenters. The molecule has 0 bridgehead atoms. The normalized spacial score (nSPS) is 11.0. The number of phenols is 1. The molecule has 0 aromatic heterocycles. The predicted octanol–water partition coefficient (Wildman–Crippen LogP) is 4.50. The lowest BCUT2D eigenvalue weighted by atomic mass is 10.2. The molecule has 0 aliphatic heterocycles. The smallest absolute Gasteiger partial charge is 0.312 e. The SMILES string of the molecule is O=[N+]([O-])c1cc(Cl)cc(C=Nc2ccc(F)c(Cl)c2)c1O. The van der Waals surface area contributed by atoms with E-state index in [0.29, 0.717) is 5.69 Å². The molecule has 1 N–H and O–H groups in total. The molecule has 0 atom stereocenters. The first-order valence-electron chi connectivity index (χ1n) is 5.54. The molecule has 0 amide bonds. The zero-order chi connectivity index (χ0) is 15.6. The Kier molecular flexibility index (Phi) is 4.40. The van der Waals surface area contributed by atoms with Crippen LogP contribution in [0.3, 0.4) is 0 Å². The lowest BCUT2D eigenvalue weighted by Crippen LogP contribution is -1.92. The third kappa shape index (κ3) is 3.48. The minimum Gasteiger partial charge on any atom is -0.502 e. The second-order valence-electron chi connectivity index (χ2n) is 3.98. The van der Waals surface area contributed by atoms with Crippen LogP contribution in [0.15, 0.2) is 35.3 Å². The molecule has 108 valence electrons. The zero-order valence-corrected chi connectivity index (χ0v) is 11.8. The average molecular weight is 329 g/mol. The first kappa shape index (κ1) is 15.2. The summed E-state index contributed by atoms with van der Waals surface area (Å²) in [5, 5.41) is 20.5. The van der Waals surface area contributed by atoms with Crippen LogP contribution in [0.4, 0.5) is 15.8 Å². The Hall–Kier alpha value is -2.18. The summed E-state index contributed by atoms with van der Waals surface area (Å²) in [5.74, 6) is -1.14. The van der Waals surface area contributed by atoms with Gasteiger partial charge in [0.05, 0.1) is 15.6 Å². The summed E-state index contributed by atoms with van der Waals surface area (Å²) >= 11 is 11.4. The highest BCUT2D eigenvalue weighted by atomic mass is 35.5. The maximum absolute atomic E-state index is 13.0. The number of hydrogen-bond acceptors (Lipinski definition) is 4. The maximum Gasteiger partial charge on any atom is 0.312 e. The van der Waals surface area contributed by atoms with E-state index in [4.69, 9.17) is 23.2 Å². The Morgan fingerprint density at radius 1 is 1.29 bits per heavy atom. The molecule has 21 heavy (non-hydrogen) atoms. The molecule has 0 heterocycles. The van der Waals surface area contributed by atoms with E-state index < -0.39 is 22.2 Å². The summed E-state index contributed by atoms with van der Waals surface area (Å²) in [6.45, 7) is 0. The van der Waals surface area contributed by atoms with Crippen LogP contribution in [0.5, 0.6) is 5.75 Å². The second kappa shape index (κ2) is 6.07. The molecule has 5 nitrogen and oxygen atoms in total. The number of aliphatic imine (C=N–C) groups is 1. The number of nitro benzene ring substituents is 1. The van der Waals surface area contributed by atoms with Gasteiger partial charge in [0, 0.05) is 22.9 Å². The van der Waals surface area contributed by atoms with Crippen molar-refractivity contribution in [2.75, 3.05) is 0 Å². The van der Waals surface area contributed by atoms with E-state index in [9.17, 15) is 19.6 Å². The van der Waals surface area contributed by atoms with Crippen LogP contribution in [0.1, 0.15) is 5.56 Å². The summed E-state index contributed by atoms with van der Waals surface area (Å²) in [6.07, 6.45) is 1.18. The lowest BCUT2D eigenvalue weighted by molar-refractivity contribution is -0.385. The summed E-state index contributed by atoms with van der Waals surface area (Å²) in [5.41, 5.74) is -0.140. The second-order valence-corrected chi connectivity index (χ2v) is 4.82. The first-order valence-corrected chi connectivity index (χ1v) is 6.30. The molecule has 0 fully saturated rings. The van der Waals surface area contributed by atoms with Crippen LogP contribution in [-0.4, -0.2) is 16.2 Å². The largest absolute Gasteiger partial charge is 0.502 e. The minimum atomic E-state index is -0.757. The molecule has 0 saturated heterocycles. The first-order chi connectivity index (χ1) is 9.88. The van der Waals surface area contributed by atoms with E-state index in [1.807, 2.05) is 0 Å². The van der Waals surface area contributed by atoms with Crippen LogP contribution in [0.25, 0.3) is 0 Å². The van der Waals surface area contributed by atoms with Crippen molar-refractivity contribution in [1.29, 1.82) is 0 Å². The Balaban J connectivity index is 2.41. The molecule has 8 heteroatoms. The third-order valence-corrected chi connectivity index (χ3v) is 3.04. The van der Waals surface area contributed by atoms with Crippen molar-refractivity contribution < 1.29 is 14.4 Å². The van der Waals surface area contributed by atoms with Gasteiger partial charge in [-0.1, -0.05) is 23.2 Å². The number of benzene rings is 2. The van der Waals surface area contributed by atoms with Crippen molar-refractivity contribution in [2.24, 2.45) is 4.99 Å². The number of phenolic OH excluding ortho intramolecular Hbond substituents is 1. The highest BCUT2D eigenvalue weighted by molar-refractivity contribution is 6.31. The summed E-state index contributed by atoms with van der Waals surface area (Å²) in [4.78, 5) is 14.0. The van der Waals surface area contributed by atoms with Gasteiger partial charge in [-0.25, -0.2) is 4.39 Å². The zero-order valence-electron chi connectivity index (χ0n) is 10.3. The quantitative estimate of drug-likeness (QED) is 0.512. The van der Waals surface area contributed by atoms with E-state index in [1.165, 1.54) is 24.4 Å². The number of nitro groups is 1. The van der Waals surface area contributed by atoms with Crippen molar-refractivity contribution in [3.8, 4) is 5.75 Å². The van der Waals surface area contributed by atoms with E-state index in [2.05, 4.69) is 4.99 Å². The van der Waals surface area contributed by atoms with Gasteiger partial charge in [-0.15, -0.1) is 0 Å². The van der Waals surface area contributed by atoms with Crippen LogP contribution >= 0.6 is 23.2 Å². The van der Waals surface area contributed by atoms with Gasteiger partial charge in [0.15, 0.2) is 0 Å². The fourth-order valence-corrected chi connectivity index (χ4v) is 1.95. The van der Waals surface area contributed by atoms with Gasteiger partial charge in [0.2, 0.25) is 5.75 Å². The molecule has 2 rings (SSSR count). The van der Waals surface area contributed by atoms with Crippen molar-refractivity contribution in [1.82, 2.24) is 0 Å². The van der Waals surface area contributed by atoms with Crippen molar-refractivity contribution in [3.05, 3.63) is 61.9 Å². The molecule has 0 saturated carbocycles. The highest BCUT2D eigenvalue weighted by Gasteiger charge is 2.17. The molecule has 2 aromatic rings. The van der Waals surface area contributed by atoms with Crippen LogP contribution < -0.4 is 0 Å².